The molecule has 3 rings (SSSR count). The molecule has 3 atom stereocenters. The predicted octanol–water partition coefficient (Wildman–Crippen LogP) is 5.39. The van der Waals surface area contributed by atoms with Gasteiger partial charge in [0.25, 0.3) is 0 Å². The fourth-order valence-electron chi connectivity index (χ4n) is 3.90. The van der Waals surface area contributed by atoms with E-state index in [1.165, 1.54) is 30.3 Å². The molecular formula is C27H26FNO5P+. The summed E-state index contributed by atoms with van der Waals surface area (Å²) in [5.41, 5.74) is -0.744. The van der Waals surface area contributed by atoms with Crippen LogP contribution >= 0.6 is 8.03 Å². The first kappa shape index (κ1) is 26.2. The van der Waals surface area contributed by atoms with Crippen LogP contribution in [-0.2, 0) is 19.5 Å². The van der Waals surface area contributed by atoms with Gasteiger partial charge in [-0.3, -0.25) is 0 Å². The standard InChI is InChI=1S/C27H25FNO5P/c1-19(2)18-26(32,24-11-7-10-23(29-24)21-8-5-4-6-9-21)27(25(30)31,35(33)34-3)17-16-20-12-14-22(28)15-13-20/h4-15,19,32H,18H2,1-3H3/p+1. The van der Waals surface area contributed by atoms with Gasteiger partial charge in [-0.2, -0.15) is 0 Å². The van der Waals surface area contributed by atoms with Crippen molar-refractivity contribution in [1.29, 1.82) is 0 Å². The summed E-state index contributed by atoms with van der Waals surface area (Å²) in [6, 6.07) is 19.1. The van der Waals surface area contributed by atoms with Crippen molar-refractivity contribution in [3.8, 4) is 23.1 Å². The Bertz CT molecular complexity index is 1270. The van der Waals surface area contributed by atoms with Crippen LogP contribution < -0.4 is 0 Å². The largest absolute Gasteiger partial charge is 0.543 e. The lowest BCUT2D eigenvalue weighted by Gasteiger charge is -2.34. The maximum Gasteiger partial charge on any atom is 0.543 e. The number of carboxylic acid groups (broad SMARTS) is 1. The van der Waals surface area contributed by atoms with Crippen molar-refractivity contribution in [2.45, 2.75) is 31.0 Å². The van der Waals surface area contributed by atoms with Crippen molar-refractivity contribution in [1.82, 2.24) is 4.98 Å². The molecule has 3 unspecified atom stereocenters. The molecule has 0 radical (unpaired) electrons. The lowest BCUT2D eigenvalue weighted by Crippen LogP contribution is -2.55. The molecule has 0 aliphatic carbocycles. The van der Waals surface area contributed by atoms with Crippen LogP contribution in [-0.4, -0.2) is 33.4 Å². The first-order chi connectivity index (χ1) is 16.6. The summed E-state index contributed by atoms with van der Waals surface area (Å²) in [5.74, 6) is 2.87. The van der Waals surface area contributed by atoms with Crippen molar-refractivity contribution in [2.75, 3.05) is 7.11 Å². The van der Waals surface area contributed by atoms with Crippen LogP contribution in [0.2, 0.25) is 0 Å². The fraction of sp³-hybridized carbons (Fsp3) is 0.259. The lowest BCUT2D eigenvalue weighted by atomic mass is 9.77. The molecule has 0 fully saturated rings. The molecule has 0 saturated carbocycles. The Hall–Kier alpha value is -3.43. The second-order valence-electron chi connectivity index (χ2n) is 8.44. The number of aromatic nitrogens is 1. The molecule has 35 heavy (non-hydrogen) atoms. The summed E-state index contributed by atoms with van der Waals surface area (Å²) in [4.78, 5) is 17.4. The summed E-state index contributed by atoms with van der Waals surface area (Å²) in [7, 11) is -1.96. The molecule has 3 aromatic rings. The SMILES string of the molecule is CO[P+](=O)C(C#Cc1ccc(F)cc1)(C(=O)O)C(O)(CC(C)C)c1cccc(-c2ccccc2)n1. The number of nitrogens with zero attached hydrogens (tertiary/aromatic N) is 1. The molecule has 0 bridgehead atoms. The Balaban J connectivity index is 2.30. The topological polar surface area (TPSA) is 96.7 Å². The molecule has 1 aromatic heterocycles. The Morgan fingerprint density at radius 2 is 1.74 bits per heavy atom. The molecule has 6 nitrogen and oxygen atoms in total. The van der Waals surface area contributed by atoms with E-state index in [2.05, 4.69) is 16.8 Å². The number of hydrogen-bond acceptors (Lipinski definition) is 5. The van der Waals surface area contributed by atoms with Gasteiger partial charge in [0.05, 0.1) is 18.5 Å². The van der Waals surface area contributed by atoms with Crippen LogP contribution in [0.3, 0.4) is 0 Å². The van der Waals surface area contributed by atoms with Crippen molar-refractivity contribution >= 4 is 14.0 Å². The minimum Gasteiger partial charge on any atom is -0.477 e. The van der Waals surface area contributed by atoms with E-state index in [1.807, 2.05) is 30.3 Å². The molecule has 180 valence electrons. The summed E-state index contributed by atoms with van der Waals surface area (Å²) < 4.78 is 31.7. The van der Waals surface area contributed by atoms with Gasteiger partial charge in [-0.25, -0.2) is 14.2 Å². The highest BCUT2D eigenvalue weighted by atomic mass is 31.1. The molecule has 0 aliphatic rings. The molecule has 0 spiro atoms. The second kappa shape index (κ2) is 10.9. The van der Waals surface area contributed by atoms with Gasteiger partial charge in [0.2, 0.25) is 0 Å². The van der Waals surface area contributed by atoms with E-state index in [4.69, 9.17) is 4.52 Å². The summed E-state index contributed by atoms with van der Waals surface area (Å²) in [6.45, 7) is 3.60. The van der Waals surface area contributed by atoms with Crippen LogP contribution in [0.1, 0.15) is 31.5 Å². The van der Waals surface area contributed by atoms with E-state index in [0.717, 1.165) is 12.7 Å². The van der Waals surface area contributed by atoms with Gasteiger partial charge in [-0.15, -0.1) is 4.52 Å². The number of benzene rings is 2. The Labute approximate surface area is 204 Å². The van der Waals surface area contributed by atoms with Crippen LogP contribution in [0.4, 0.5) is 4.39 Å². The van der Waals surface area contributed by atoms with Gasteiger partial charge < -0.3 is 10.2 Å². The van der Waals surface area contributed by atoms with Gasteiger partial charge in [-0.05, 0) is 59.2 Å². The highest BCUT2D eigenvalue weighted by molar-refractivity contribution is 7.43. The van der Waals surface area contributed by atoms with Gasteiger partial charge in [-0.1, -0.05) is 56.2 Å². The van der Waals surface area contributed by atoms with E-state index < -0.39 is 30.6 Å². The number of rotatable bonds is 8. The normalized spacial score (nSPS) is 14.9. The third-order valence-electron chi connectivity index (χ3n) is 5.53. The average molecular weight is 494 g/mol. The first-order valence-electron chi connectivity index (χ1n) is 10.9. The zero-order chi connectivity index (χ0) is 25.6. The van der Waals surface area contributed by atoms with Gasteiger partial charge >= 0.3 is 19.2 Å². The maximum atomic E-state index is 13.3. The molecule has 1 heterocycles. The van der Waals surface area contributed by atoms with Crippen LogP contribution in [0.5, 0.6) is 0 Å². The quantitative estimate of drug-likeness (QED) is 0.322. The van der Waals surface area contributed by atoms with E-state index in [0.29, 0.717) is 5.69 Å². The average Bonchev–Trinajstić information content (AvgIpc) is 2.85. The number of aliphatic hydroxyl groups is 1. The molecule has 0 amide bonds. The number of aliphatic carboxylic acids is 1. The number of halogens is 1. The number of carbonyl (C=O) groups is 1. The number of pyridine rings is 1. The first-order valence-corrected chi connectivity index (χ1v) is 12.1. The van der Waals surface area contributed by atoms with E-state index in [-0.39, 0.29) is 23.6 Å². The smallest absolute Gasteiger partial charge is 0.477 e. The summed E-state index contributed by atoms with van der Waals surface area (Å²) in [6.07, 6.45) is -0.118. The highest BCUT2D eigenvalue weighted by Gasteiger charge is 2.72. The number of hydrogen-bond donors (Lipinski definition) is 2. The minimum atomic E-state index is -3.06. The monoisotopic (exact) mass is 494 g/mol. The fourth-order valence-corrected chi connectivity index (χ4v) is 4.99. The Kier molecular flexibility index (Phi) is 8.14. The molecule has 0 saturated heterocycles. The molecule has 0 aliphatic heterocycles. The zero-order valence-electron chi connectivity index (χ0n) is 19.6. The van der Waals surface area contributed by atoms with Crippen molar-refractivity contribution in [3.63, 3.8) is 0 Å². The second-order valence-corrected chi connectivity index (χ2v) is 9.99. The third kappa shape index (κ3) is 5.31. The van der Waals surface area contributed by atoms with Crippen molar-refractivity contribution in [3.05, 3.63) is 89.9 Å². The summed E-state index contributed by atoms with van der Waals surface area (Å²) >= 11 is 0. The molecule has 2 N–H and O–H groups in total. The third-order valence-corrected chi connectivity index (χ3v) is 7.08. The highest BCUT2D eigenvalue weighted by Crippen LogP contribution is 2.53. The van der Waals surface area contributed by atoms with Gasteiger partial charge in [0.1, 0.15) is 5.82 Å². The molecule has 8 heteroatoms. The maximum absolute atomic E-state index is 13.3. The lowest BCUT2D eigenvalue weighted by molar-refractivity contribution is -0.147. The Morgan fingerprint density at radius 1 is 1.09 bits per heavy atom. The van der Waals surface area contributed by atoms with Crippen molar-refractivity contribution in [2.24, 2.45) is 5.92 Å². The van der Waals surface area contributed by atoms with E-state index in [1.54, 1.807) is 26.0 Å². The van der Waals surface area contributed by atoms with E-state index >= 15 is 0 Å². The van der Waals surface area contributed by atoms with Crippen LogP contribution in [0.25, 0.3) is 11.3 Å². The van der Waals surface area contributed by atoms with Crippen molar-refractivity contribution < 1.29 is 28.5 Å². The van der Waals surface area contributed by atoms with Gasteiger partial charge in [0.15, 0.2) is 5.60 Å². The Morgan fingerprint density at radius 3 is 2.31 bits per heavy atom. The van der Waals surface area contributed by atoms with Gasteiger partial charge in [0, 0.05) is 11.1 Å². The van der Waals surface area contributed by atoms with E-state index in [9.17, 15) is 24.0 Å². The summed E-state index contributed by atoms with van der Waals surface area (Å²) in [5, 5.41) is 20.0. The molecule has 2 aromatic carbocycles. The predicted molar refractivity (Wildman–Crippen MR) is 131 cm³/mol. The van der Waals surface area contributed by atoms with Crippen LogP contribution in [0.15, 0.2) is 72.8 Å². The minimum absolute atomic E-state index is 0.00348. The molecular weight excluding hydrogens is 468 g/mol. The number of carboxylic acids is 1. The zero-order valence-corrected chi connectivity index (χ0v) is 20.5. The van der Waals surface area contributed by atoms with Crippen LogP contribution in [0, 0.1) is 23.6 Å².